The monoisotopic (exact) mass is 265 g/mol. The Bertz CT molecular complexity index is 650. The first-order valence-electron chi connectivity index (χ1n) is 7.43. The van der Waals surface area contributed by atoms with Crippen LogP contribution in [0.1, 0.15) is 35.6 Å². The third-order valence-corrected chi connectivity index (χ3v) is 4.51. The van der Waals surface area contributed by atoms with Crippen LogP contribution < -0.4 is 10.1 Å². The summed E-state index contributed by atoms with van der Waals surface area (Å²) in [5.74, 6) is 0.989. The molecule has 2 atom stereocenters. The fourth-order valence-corrected chi connectivity index (χ4v) is 3.46. The minimum atomic E-state index is 0.142. The number of hydrogen-bond donors (Lipinski definition) is 1. The summed E-state index contributed by atoms with van der Waals surface area (Å²) in [5.41, 5.74) is 5.24. The molecule has 2 aromatic rings. The van der Waals surface area contributed by atoms with E-state index < -0.39 is 0 Å². The van der Waals surface area contributed by atoms with E-state index in [0.717, 1.165) is 18.6 Å². The summed E-state index contributed by atoms with van der Waals surface area (Å²) in [4.78, 5) is 0. The standard InChI is InChI=1S/C18H19NO/c1-12-6-4-11-16-17(12)19-15-10-5-8-13-7-2-3-9-14(13)18(15)20-16/h2-4,6-7,9,11,15,18-19H,5,8,10H2,1H3. The third-order valence-electron chi connectivity index (χ3n) is 4.51. The van der Waals surface area contributed by atoms with Gasteiger partial charge in [-0.1, -0.05) is 36.4 Å². The van der Waals surface area contributed by atoms with Crippen molar-refractivity contribution in [2.45, 2.75) is 38.3 Å². The van der Waals surface area contributed by atoms with E-state index in [0.29, 0.717) is 6.04 Å². The highest BCUT2D eigenvalue weighted by Gasteiger charge is 2.34. The van der Waals surface area contributed by atoms with Gasteiger partial charge in [0.05, 0.1) is 11.7 Å². The van der Waals surface area contributed by atoms with Crippen molar-refractivity contribution in [3.8, 4) is 5.75 Å². The second kappa shape index (κ2) is 4.55. The Morgan fingerprint density at radius 1 is 1.10 bits per heavy atom. The molecule has 0 amide bonds. The highest BCUT2D eigenvalue weighted by atomic mass is 16.5. The number of para-hydroxylation sites is 1. The zero-order chi connectivity index (χ0) is 13.5. The van der Waals surface area contributed by atoms with Crippen molar-refractivity contribution in [2.75, 3.05) is 5.32 Å². The number of fused-ring (bicyclic) bond motifs is 4. The average molecular weight is 265 g/mol. The van der Waals surface area contributed by atoms with Crippen LogP contribution in [0.2, 0.25) is 0 Å². The van der Waals surface area contributed by atoms with Crippen molar-refractivity contribution < 1.29 is 4.74 Å². The van der Waals surface area contributed by atoms with E-state index in [1.807, 2.05) is 0 Å². The largest absolute Gasteiger partial charge is 0.481 e. The molecule has 0 aromatic heterocycles. The minimum absolute atomic E-state index is 0.142. The van der Waals surface area contributed by atoms with E-state index in [4.69, 9.17) is 4.74 Å². The lowest BCUT2D eigenvalue weighted by Gasteiger charge is -2.35. The summed E-state index contributed by atoms with van der Waals surface area (Å²) < 4.78 is 6.36. The van der Waals surface area contributed by atoms with E-state index in [-0.39, 0.29) is 6.10 Å². The first kappa shape index (κ1) is 11.8. The molecule has 2 nitrogen and oxygen atoms in total. The molecule has 1 N–H and O–H groups in total. The number of aryl methyl sites for hydroxylation is 2. The Labute approximate surface area is 119 Å². The molecule has 0 saturated carbocycles. The van der Waals surface area contributed by atoms with Gasteiger partial charge in [-0.15, -0.1) is 0 Å². The van der Waals surface area contributed by atoms with Crippen LogP contribution >= 0.6 is 0 Å². The first-order valence-corrected chi connectivity index (χ1v) is 7.43. The smallest absolute Gasteiger partial charge is 0.144 e. The SMILES string of the molecule is Cc1cccc2c1NC1CCCc3ccccc3C1O2. The third kappa shape index (κ3) is 1.79. The van der Waals surface area contributed by atoms with Crippen LogP contribution in [0.4, 0.5) is 5.69 Å². The Kier molecular flexibility index (Phi) is 2.69. The van der Waals surface area contributed by atoms with Crippen LogP contribution in [0, 0.1) is 6.92 Å². The van der Waals surface area contributed by atoms with Crippen molar-refractivity contribution in [3.63, 3.8) is 0 Å². The normalized spacial score (nSPS) is 23.4. The van der Waals surface area contributed by atoms with Gasteiger partial charge in [0.25, 0.3) is 0 Å². The Morgan fingerprint density at radius 3 is 2.95 bits per heavy atom. The van der Waals surface area contributed by atoms with Crippen LogP contribution in [-0.2, 0) is 6.42 Å². The van der Waals surface area contributed by atoms with Gasteiger partial charge in [0.15, 0.2) is 0 Å². The summed E-state index contributed by atoms with van der Waals surface area (Å²) >= 11 is 0. The van der Waals surface area contributed by atoms with Gasteiger partial charge >= 0.3 is 0 Å². The highest BCUT2D eigenvalue weighted by Crippen LogP contribution is 2.42. The molecular formula is C18H19NO. The lowest BCUT2D eigenvalue weighted by molar-refractivity contribution is 0.168. The van der Waals surface area contributed by atoms with Crippen molar-refractivity contribution in [1.82, 2.24) is 0 Å². The molecule has 20 heavy (non-hydrogen) atoms. The molecule has 2 aliphatic rings. The lowest BCUT2D eigenvalue weighted by atomic mass is 9.96. The summed E-state index contributed by atoms with van der Waals surface area (Å²) in [6.45, 7) is 2.14. The zero-order valence-electron chi connectivity index (χ0n) is 11.7. The van der Waals surface area contributed by atoms with E-state index in [1.54, 1.807) is 0 Å². The van der Waals surface area contributed by atoms with Gasteiger partial charge in [-0.2, -0.15) is 0 Å². The van der Waals surface area contributed by atoms with Crippen LogP contribution in [-0.4, -0.2) is 6.04 Å². The first-order chi connectivity index (χ1) is 9.83. The fraction of sp³-hybridized carbons (Fsp3) is 0.333. The topological polar surface area (TPSA) is 21.3 Å². The number of hydrogen-bond acceptors (Lipinski definition) is 2. The molecule has 2 aromatic carbocycles. The van der Waals surface area contributed by atoms with Crippen molar-refractivity contribution in [1.29, 1.82) is 0 Å². The predicted octanol–water partition coefficient (Wildman–Crippen LogP) is 4.25. The number of ether oxygens (including phenoxy) is 1. The van der Waals surface area contributed by atoms with Gasteiger partial charge in [0.1, 0.15) is 11.9 Å². The maximum Gasteiger partial charge on any atom is 0.144 e. The second-order valence-electron chi connectivity index (χ2n) is 5.83. The summed E-state index contributed by atoms with van der Waals surface area (Å²) in [7, 11) is 0. The van der Waals surface area contributed by atoms with Gasteiger partial charge in [-0.05, 0) is 48.9 Å². The van der Waals surface area contributed by atoms with Gasteiger partial charge in [-0.25, -0.2) is 0 Å². The number of anilines is 1. The van der Waals surface area contributed by atoms with Gasteiger partial charge in [0.2, 0.25) is 0 Å². The van der Waals surface area contributed by atoms with Crippen molar-refractivity contribution in [3.05, 3.63) is 59.2 Å². The molecular weight excluding hydrogens is 246 g/mol. The van der Waals surface area contributed by atoms with Crippen molar-refractivity contribution >= 4 is 5.69 Å². The highest BCUT2D eigenvalue weighted by molar-refractivity contribution is 5.64. The Morgan fingerprint density at radius 2 is 2.00 bits per heavy atom. The van der Waals surface area contributed by atoms with Crippen LogP contribution in [0.25, 0.3) is 0 Å². The molecule has 2 heteroatoms. The van der Waals surface area contributed by atoms with Crippen molar-refractivity contribution in [2.24, 2.45) is 0 Å². The van der Waals surface area contributed by atoms with E-state index in [1.165, 1.54) is 28.8 Å². The second-order valence-corrected chi connectivity index (χ2v) is 5.83. The number of rotatable bonds is 0. The molecule has 0 spiro atoms. The quantitative estimate of drug-likeness (QED) is 0.769. The molecule has 2 unspecified atom stereocenters. The van der Waals surface area contributed by atoms with Gasteiger partial charge < -0.3 is 10.1 Å². The predicted molar refractivity (Wildman–Crippen MR) is 81.3 cm³/mol. The van der Waals surface area contributed by atoms with E-state index in [2.05, 4.69) is 54.7 Å². The van der Waals surface area contributed by atoms with Crippen LogP contribution in [0.5, 0.6) is 5.75 Å². The molecule has 4 rings (SSSR count). The Balaban J connectivity index is 1.80. The van der Waals surface area contributed by atoms with Crippen LogP contribution in [0.3, 0.4) is 0 Å². The molecule has 1 heterocycles. The summed E-state index contributed by atoms with van der Waals surface area (Å²) in [5, 5.41) is 3.72. The minimum Gasteiger partial charge on any atom is -0.481 e. The van der Waals surface area contributed by atoms with Gasteiger partial charge in [0, 0.05) is 0 Å². The zero-order valence-corrected chi connectivity index (χ0v) is 11.7. The molecule has 0 radical (unpaired) electrons. The molecule has 1 aliphatic carbocycles. The number of benzene rings is 2. The van der Waals surface area contributed by atoms with Crippen LogP contribution in [0.15, 0.2) is 42.5 Å². The summed E-state index contributed by atoms with van der Waals surface area (Å²) in [6, 6.07) is 15.4. The number of nitrogens with one attached hydrogen (secondary N) is 1. The molecule has 0 fully saturated rings. The molecule has 102 valence electrons. The fourth-order valence-electron chi connectivity index (χ4n) is 3.46. The molecule has 1 aliphatic heterocycles. The van der Waals surface area contributed by atoms with E-state index in [9.17, 15) is 0 Å². The molecule has 0 saturated heterocycles. The maximum absolute atomic E-state index is 6.36. The van der Waals surface area contributed by atoms with Gasteiger partial charge in [-0.3, -0.25) is 0 Å². The molecule has 0 bridgehead atoms. The summed E-state index contributed by atoms with van der Waals surface area (Å²) in [6.07, 6.45) is 3.68. The van der Waals surface area contributed by atoms with E-state index >= 15 is 0 Å². The Hall–Kier alpha value is -1.96. The average Bonchev–Trinajstić information content (AvgIpc) is 2.65. The maximum atomic E-state index is 6.36. The lowest BCUT2D eigenvalue weighted by Crippen LogP contribution is -2.34.